The Bertz CT molecular complexity index is 1100. The van der Waals surface area contributed by atoms with Gasteiger partial charge < -0.3 is 0 Å². The summed E-state index contributed by atoms with van der Waals surface area (Å²) in [4.78, 5) is 0. The minimum Gasteiger partial charge on any atom is -0.144 e. The van der Waals surface area contributed by atoms with Gasteiger partial charge in [0.25, 0.3) is 0 Å². The first-order valence-corrected chi connectivity index (χ1v) is 12.1. The van der Waals surface area contributed by atoms with Crippen LogP contribution in [-0.4, -0.2) is 0 Å². The van der Waals surface area contributed by atoms with Crippen LogP contribution < -0.4 is 15.9 Å². The zero-order valence-electron chi connectivity index (χ0n) is 16.7. The van der Waals surface area contributed by atoms with Crippen LogP contribution in [0.1, 0.15) is 5.56 Å². The largest absolute Gasteiger partial charge is 0.144 e. The molecule has 0 nitrogen and oxygen atoms in total. The second-order valence-electron chi connectivity index (χ2n) is 6.76. The Hall–Kier alpha value is -2.99. The molecule has 0 fully saturated rings. The smallest absolute Gasteiger partial charge is 0.0343 e. The topological polar surface area (TPSA) is 0 Å². The van der Waals surface area contributed by atoms with E-state index >= 15 is 0 Å². The van der Waals surface area contributed by atoms with Gasteiger partial charge in [-0.2, -0.15) is 0 Å². The highest BCUT2D eigenvalue weighted by atomic mass is 32.1. The van der Waals surface area contributed by atoms with Crippen molar-refractivity contribution in [2.45, 2.75) is 0 Å². The third-order valence-corrected chi connectivity index (χ3v) is 8.10. The second-order valence-corrected chi connectivity index (χ2v) is 9.93. The van der Waals surface area contributed by atoms with Crippen LogP contribution in [0.5, 0.6) is 0 Å². The first kappa shape index (κ1) is 20.3. The van der Waals surface area contributed by atoms with E-state index in [-0.39, 0.29) is 0 Å². The molecule has 1 aromatic heterocycles. The molecule has 0 atom stereocenters. The molecular formula is C28H23PS. The van der Waals surface area contributed by atoms with Gasteiger partial charge in [0.1, 0.15) is 0 Å². The standard InChI is InChI=1S/C18H15P.C10H8S/c1-4-10-16(11-5-1)19(17-12-6-2-7-13-17)18-14-8-3-9-15-18;1-2-8-3-4-10-9(7-8)5-6-11-10/h1-15H;2-7H,1H2. The van der Waals surface area contributed by atoms with Crippen molar-refractivity contribution in [3.05, 3.63) is 133 Å². The summed E-state index contributed by atoms with van der Waals surface area (Å²) in [6.45, 7) is 3.73. The molecule has 2 heteroatoms. The molecule has 0 N–H and O–H groups in total. The zero-order chi connectivity index (χ0) is 20.6. The summed E-state index contributed by atoms with van der Waals surface area (Å²) in [5.74, 6) is 0. The highest BCUT2D eigenvalue weighted by Gasteiger charge is 2.14. The lowest BCUT2D eigenvalue weighted by Crippen LogP contribution is -2.20. The third-order valence-electron chi connectivity index (χ3n) is 4.76. The Labute approximate surface area is 183 Å². The molecule has 5 rings (SSSR count). The number of fused-ring (bicyclic) bond motifs is 1. The van der Waals surface area contributed by atoms with Crippen molar-refractivity contribution in [2.24, 2.45) is 0 Å². The summed E-state index contributed by atoms with van der Waals surface area (Å²) >= 11 is 1.77. The molecule has 0 saturated carbocycles. The van der Waals surface area contributed by atoms with Gasteiger partial charge in [0.05, 0.1) is 0 Å². The summed E-state index contributed by atoms with van der Waals surface area (Å²) in [5, 5.41) is 7.62. The number of hydrogen-bond acceptors (Lipinski definition) is 1. The summed E-state index contributed by atoms with van der Waals surface area (Å²) in [5.41, 5.74) is 1.19. The maximum absolute atomic E-state index is 3.73. The average molecular weight is 423 g/mol. The van der Waals surface area contributed by atoms with Gasteiger partial charge in [-0.15, -0.1) is 11.3 Å². The van der Waals surface area contributed by atoms with E-state index in [1.54, 1.807) is 11.3 Å². The van der Waals surface area contributed by atoms with Crippen LogP contribution in [0.4, 0.5) is 0 Å². The SMILES string of the molecule is C=Cc1ccc2sccc2c1.c1ccc(P(c2ccccc2)c2ccccc2)cc1. The van der Waals surface area contributed by atoms with Crippen LogP contribution in [0.2, 0.25) is 0 Å². The van der Waals surface area contributed by atoms with Crippen molar-refractivity contribution in [1.29, 1.82) is 0 Å². The highest BCUT2D eigenvalue weighted by molar-refractivity contribution is 7.79. The molecule has 0 spiro atoms. The molecule has 0 unspecified atom stereocenters. The predicted molar refractivity (Wildman–Crippen MR) is 137 cm³/mol. The van der Waals surface area contributed by atoms with Crippen LogP contribution in [0.3, 0.4) is 0 Å². The summed E-state index contributed by atoms with van der Waals surface area (Å²) in [6, 6.07) is 40.8. The fourth-order valence-electron chi connectivity index (χ4n) is 3.29. The molecule has 0 radical (unpaired) electrons. The van der Waals surface area contributed by atoms with E-state index in [0.29, 0.717) is 0 Å². The third kappa shape index (κ3) is 4.94. The first-order chi connectivity index (χ1) is 14.8. The fourth-order valence-corrected chi connectivity index (χ4v) is 6.37. The molecule has 0 amide bonds. The van der Waals surface area contributed by atoms with Gasteiger partial charge in [0.2, 0.25) is 0 Å². The minimum absolute atomic E-state index is 0.446. The van der Waals surface area contributed by atoms with Crippen molar-refractivity contribution in [1.82, 2.24) is 0 Å². The number of hydrogen-bond donors (Lipinski definition) is 0. The van der Waals surface area contributed by atoms with Gasteiger partial charge in [0.15, 0.2) is 0 Å². The molecule has 30 heavy (non-hydrogen) atoms. The van der Waals surface area contributed by atoms with E-state index in [1.165, 1.54) is 31.6 Å². The zero-order valence-corrected chi connectivity index (χ0v) is 18.4. The van der Waals surface area contributed by atoms with Crippen molar-refractivity contribution in [3.63, 3.8) is 0 Å². The van der Waals surface area contributed by atoms with E-state index in [4.69, 9.17) is 0 Å². The maximum Gasteiger partial charge on any atom is 0.0343 e. The summed E-state index contributed by atoms with van der Waals surface area (Å²) < 4.78 is 1.34. The minimum atomic E-state index is -0.446. The molecule has 0 aliphatic rings. The Morgan fingerprint density at radius 2 is 1.10 bits per heavy atom. The number of rotatable bonds is 4. The van der Waals surface area contributed by atoms with Crippen LogP contribution >= 0.6 is 19.3 Å². The summed E-state index contributed by atoms with van der Waals surface area (Å²) in [7, 11) is -0.446. The van der Waals surface area contributed by atoms with Crippen LogP contribution in [0, 0.1) is 0 Å². The van der Waals surface area contributed by atoms with Crippen molar-refractivity contribution in [3.8, 4) is 0 Å². The molecule has 0 aliphatic carbocycles. The Balaban J connectivity index is 0.000000168. The van der Waals surface area contributed by atoms with Crippen LogP contribution in [0.15, 0.2) is 127 Å². The Kier molecular flexibility index (Phi) is 6.87. The van der Waals surface area contributed by atoms with E-state index in [1.807, 2.05) is 6.08 Å². The first-order valence-electron chi connectivity index (χ1n) is 9.90. The molecule has 0 saturated heterocycles. The van der Waals surface area contributed by atoms with Gasteiger partial charge in [-0.25, -0.2) is 0 Å². The lowest BCUT2D eigenvalue weighted by Gasteiger charge is -2.18. The van der Waals surface area contributed by atoms with E-state index < -0.39 is 7.92 Å². The second kappa shape index (κ2) is 10.2. The molecule has 5 aromatic rings. The normalized spacial score (nSPS) is 10.4. The lowest BCUT2D eigenvalue weighted by molar-refractivity contribution is 1.74. The Morgan fingerprint density at radius 3 is 1.57 bits per heavy atom. The van der Waals surface area contributed by atoms with Gasteiger partial charge in [-0.1, -0.05) is 110 Å². The quantitative estimate of drug-likeness (QED) is 0.274. The molecule has 4 aromatic carbocycles. The average Bonchev–Trinajstić information content (AvgIpc) is 3.30. The van der Waals surface area contributed by atoms with Crippen LogP contribution in [-0.2, 0) is 0 Å². The van der Waals surface area contributed by atoms with Gasteiger partial charge in [-0.3, -0.25) is 0 Å². The van der Waals surface area contributed by atoms with Crippen molar-refractivity contribution >= 4 is 51.3 Å². The fraction of sp³-hybridized carbons (Fsp3) is 0. The van der Waals surface area contributed by atoms with Gasteiger partial charge in [0, 0.05) is 4.70 Å². The Morgan fingerprint density at radius 1 is 0.600 bits per heavy atom. The molecular weight excluding hydrogens is 399 g/mol. The van der Waals surface area contributed by atoms with Crippen molar-refractivity contribution in [2.75, 3.05) is 0 Å². The van der Waals surface area contributed by atoms with E-state index in [0.717, 1.165) is 0 Å². The number of thiophene rings is 1. The van der Waals surface area contributed by atoms with Crippen LogP contribution in [0.25, 0.3) is 16.2 Å². The van der Waals surface area contributed by atoms with Gasteiger partial charge >= 0.3 is 0 Å². The van der Waals surface area contributed by atoms with E-state index in [9.17, 15) is 0 Å². The molecule has 0 bridgehead atoms. The van der Waals surface area contributed by atoms with E-state index in [2.05, 4.69) is 127 Å². The highest BCUT2D eigenvalue weighted by Crippen LogP contribution is 2.32. The molecule has 0 aliphatic heterocycles. The molecule has 146 valence electrons. The molecule has 1 heterocycles. The van der Waals surface area contributed by atoms with Gasteiger partial charge in [-0.05, 0) is 58.4 Å². The maximum atomic E-state index is 3.73. The monoisotopic (exact) mass is 422 g/mol. The summed E-state index contributed by atoms with van der Waals surface area (Å²) in [6.07, 6.45) is 1.87. The number of benzene rings is 4. The van der Waals surface area contributed by atoms with Crippen molar-refractivity contribution < 1.29 is 0 Å². The predicted octanol–water partition coefficient (Wildman–Crippen LogP) is 6.99. The lowest BCUT2D eigenvalue weighted by atomic mass is 10.2.